The number of halogens is 1. The van der Waals surface area contributed by atoms with Crippen molar-refractivity contribution in [3.63, 3.8) is 0 Å². The third-order valence-electron chi connectivity index (χ3n) is 2.77. The molecule has 104 valence electrons. The predicted octanol–water partition coefficient (Wildman–Crippen LogP) is 1.68. The van der Waals surface area contributed by atoms with E-state index in [0.717, 1.165) is 0 Å². The number of hydrogen-bond donors (Lipinski definition) is 1. The maximum atomic E-state index is 12.7. The summed E-state index contributed by atoms with van der Waals surface area (Å²) in [6.45, 7) is 0. The van der Waals surface area contributed by atoms with Crippen LogP contribution in [-0.2, 0) is 14.6 Å². The largest absolute Gasteiger partial charge is 0.325 e. The number of carbonyl (C=O) groups excluding carboxylic acids is 1. The second-order valence-electron chi connectivity index (χ2n) is 4.39. The van der Waals surface area contributed by atoms with Crippen molar-refractivity contribution in [1.82, 2.24) is 0 Å². The average Bonchev–Trinajstić information content (AvgIpc) is 2.69. The molecule has 1 aromatic carbocycles. The van der Waals surface area contributed by atoms with Gasteiger partial charge in [0.15, 0.2) is 9.84 Å². The van der Waals surface area contributed by atoms with Gasteiger partial charge in [-0.3, -0.25) is 4.79 Å². The smallest absolute Gasteiger partial charge is 0.234 e. The van der Waals surface area contributed by atoms with E-state index in [1.165, 1.54) is 36.0 Å². The summed E-state index contributed by atoms with van der Waals surface area (Å²) in [6, 6.07) is 5.51. The van der Waals surface area contributed by atoms with Crippen LogP contribution in [0.4, 0.5) is 10.1 Å². The molecule has 1 amide bonds. The van der Waals surface area contributed by atoms with Crippen LogP contribution in [0.25, 0.3) is 0 Å². The molecule has 4 nitrogen and oxygen atoms in total. The maximum absolute atomic E-state index is 12.7. The Morgan fingerprint density at radius 2 is 2.05 bits per heavy atom. The van der Waals surface area contributed by atoms with Gasteiger partial charge in [0.05, 0.1) is 17.3 Å². The first-order valence-corrected chi connectivity index (χ1v) is 8.69. The highest BCUT2D eigenvalue weighted by molar-refractivity contribution is 8.02. The van der Waals surface area contributed by atoms with Crippen molar-refractivity contribution >= 4 is 33.2 Å². The summed E-state index contributed by atoms with van der Waals surface area (Å²) in [6.07, 6.45) is 0.608. The van der Waals surface area contributed by atoms with Crippen LogP contribution < -0.4 is 5.32 Å². The molecule has 19 heavy (non-hydrogen) atoms. The number of benzene rings is 1. The van der Waals surface area contributed by atoms with Crippen LogP contribution in [0.1, 0.15) is 6.42 Å². The zero-order valence-corrected chi connectivity index (χ0v) is 11.8. The van der Waals surface area contributed by atoms with E-state index >= 15 is 0 Å². The van der Waals surface area contributed by atoms with Crippen LogP contribution in [-0.4, -0.2) is 36.8 Å². The highest BCUT2D eigenvalue weighted by Gasteiger charge is 2.28. The van der Waals surface area contributed by atoms with Gasteiger partial charge in [0.2, 0.25) is 5.91 Å². The second kappa shape index (κ2) is 5.92. The molecule has 1 aromatic rings. The molecule has 0 aliphatic carbocycles. The lowest BCUT2D eigenvalue weighted by Crippen LogP contribution is -2.17. The van der Waals surface area contributed by atoms with Crippen molar-refractivity contribution in [1.29, 1.82) is 0 Å². The number of hydrogen-bond acceptors (Lipinski definition) is 4. The number of thioether (sulfide) groups is 1. The minimum Gasteiger partial charge on any atom is -0.325 e. The molecule has 1 aliphatic rings. The first-order valence-electron chi connectivity index (χ1n) is 5.82. The summed E-state index contributed by atoms with van der Waals surface area (Å²) in [5.41, 5.74) is 0.533. The molecule has 1 fully saturated rings. The van der Waals surface area contributed by atoms with Crippen LogP contribution in [0.2, 0.25) is 0 Å². The fourth-order valence-electron chi connectivity index (χ4n) is 1.82. The maximum Gasteiger partial charge on any atom is 0.234 e. The standard InChI is InChI=1S/C12H14FNO3S2/c13-9-1-3-10(4-2-9)14-12(15)7-18-11-5-6-19(16,17)8-11/h1-4,11H,5-8H2,(H,14,15). The minimum atomic E-state index is -2.90. The van der Waals surface area contributed by atoms with E-state index in [1.54, 1.807) is 0 Å². The van der Waals surface area contributed by atoms with Crippen molar-refractivity contribution in [3.05, 3.63) is 30.1 Å². The Kier molecular flexibility index (Phi) is 4.46. The number of anilines is 1. The van der Waals surface area contributed by atoms with Gasteiger partial charge in [-0.1, -0.05) is 0 Å². The summed E-state index contributed by atoms with van der Waals surface area (Å²) < 4.78 is 35.2. The fourth-order valence-corrected chi connectivity index (χ4v) is 5.26. The Bertz CT molecular complexity index is 557. The van der Waals surface area contributed by atoms with E-state index in [1.807, 2.05) is 0 Å². The SMILES string of the molecule is O=C(CSC1CCS(=O)(=O)C1)Nc1ccc(F)cc1. The topological polar surface area (TPSA) is 63.2 Å². The lowest BCUT2D eigenvalue weighted by Gasteiger charge is -2.08. The Labute approximate surface area is 115 Å². The Hall–Kier alpha value is -1.08. The Morgan fingerprint density at radius 1 is 1.37 bits per heavy atom. The van der Waals surface area contributed by atoms with Crippen LogP contribution >= 0.6 is 11.8 Å². The van der Waals surface area contributed by atoms with Gasteiger partial charge in [-0.15, -0.1) is 11.8 Å². The molecule has 1 saturated heterocycles. The van der Waals surface area contributed by atoms with Crippen molar-refractivity contribution < 1.29 is 17.6 Å². The number of carbonyl (C=O) groups is 1. The highest BCUT2D eigenvalue weighted by Crippen LogP contribution is 2.24. The summed E-state index contributed by atoms with van der Waals surface area (Å²) in [5.74, 6) is 0.00739. The van der Waals surface area contributed by atoms with Crippen LogP contribution in [0, 0.1) is 5.82 Å². The number of nitrogens with one attached hydrogen (secondary N) is 1. The van der Waals surface area contributed by atoms with E-state index in [4.69, 9.17) is 0 Å². The van der Waals surface area contributed by atoms with Gasteiger partial charge in [0, 0.05) is 10.9 Å². The molecule has 1 aliphatic heterocycles. The second-order valence-corrected chi connectivity index (χ2v) is 7.91. The van der Waals surface area contributed by atoms with Crippen LogP contribution in [0.3, 0.4) is 0 Å². The van der Waals surface area contributed by atoms with E-state index in [9.17, 15) is 17.6 Å². The number of amides is 1. The molecule has 1 N–H and O–H groups in total. The minimum absolute atomic E-state index is 0.00367. The molecule has 1 atom stereocenters. The first-order chi connectivity index (χ1) is 8.94. The summed E-state index contributed by atoms with van der Waals surface area (Å²) >= 11 is 1.35. The Morgan fingerprint density at radius 3 is 2.63 bits per heavy atom. The van der Waals surface area contributed by atoms with E-state index in [-0.39, 0.29) is 34.2 Å². The zero-order valence-electron chi connectivity index (χ0n) is 10.1. The molecule has 2 rings (SSSR count). The van der Waals surface area contributed by atoms with Gasteiger partial charge < -0.3 is 5.32 Å². The molecule has 1 heterocycles. The quantitative estimate of drug-likeness (QED) is 0.919. The molecule has 0 aromatic heterocycles. The predicted molar refractivity (Wildman–Crippen MR) is 74.5 cm³/mol. The molecule has 0 radical (unpaired) electrons. The highest BCUT2D eigenvalue weighted by atomic mass is 32.2. The van der Waals surface area contributed by atoms with Crippen molar-refractivity contribution in [2.24, 2.45) is 0 Å². The van der Waals surface area contributed by atoms with Gasteiger partial charge in [-0.2, -0.15) is 0 Å². The van der Waals surface area contributed by atoms with E-state index in [2.05, 4.69) is 5.32 Å². The average molecular weight is 303 g/mol. The number of sulfone groups is 1. The number of rotatable bonds is 4. The van der Waals surface area contributed by atoms with Gasteiger partial charge in [-0.25, -0.2) is 12.8 Å². The summed E-state index contributed by atoms with van der Waals surface area (Å²) in [5, 5.41) is 2.64. The lowest BCUT2D eigenvalue weighted by atomic mass is 10.3. The molecule has 0 bridgehead atoms. The molecule has 0 saturated carbocycles. The van der Waals surface area contributed by atoms with Gasteiger partial charge >= 0.3 is 0 Å². The summed E-state index contributed by atoms with van der Waals surface area (Å²) in [4.78, 5) is 11.6. The molecular weight excluding hydrogens is 289 g/mol. The fraction of sp³-hybridized carbons (Fsp3) is 0.417. The van der Waals surface area contributed by atoms with Crippen molar-refractivity contribution in [2.75, 3.05) is 22.6 Å². The van der Waals surface area contributed by atoms with E-state index in [0.29, 0.717) is 12.1 Å². The van der Waals surface area contributed by atoms with Gasteiger partial charge in [-0.05, 0) is 30.7 Å². The zero-order chi connectivity index (χ0) is 13.9. The molecule has 0 spiro atoms. The van der Waals surface area contributed by atoms with Gasteiger partial charge in [0.25, 0.3) is 0 Å². The monoisotopic (exact) mass is 303 g/mol. The Balaban J connectivity index is 1.78. The summed E-state index contributed by atoms with van der Waals surface area (Å²) in [7, 11) is -2.90. The normalized spacial score (nSPS) is 21.2. The van der Waals surface area contributed by atoms with Crippen molar-refractivity contribution in [3.8, 4) is 0 Å². The van der Waals surface area contributed by atoms with Crippen LogP contribution in [0.15, 0.2) is 24.3 Å². The van der Waals surface area contributed by atoms with Crippen LogP contribution in [0.5, 0.6) is 0 Å². The van der Waals surface area contributed by atoms with Crippen molar-refractivity contribution in [2.45, 2.75) is 11.7 Å². The molecular formula is C12H14FNO3S2. The van der Waals surface area contributed by atoms with Gasteiger partial charge in [0.1, 0.15) is 5.82 Å². The lowest BCUT2D eigenvalue weighted by molar-refractivity contribution is -0.113. The third-order valence-corrected chi connectivity index (χ3v) is 6.05. The third kappa shape index (κ3) is 4.50. The van der Waals surface area contributed by atoms with E-state index < -0.39 is 9.84 Å². The molecule has 7 heteroatoms. The first kappa shape index (κ1) is 14.3. The molecule has 1 unspecified atom stereocenters.